The van der Waals surface area contributed by atoms with Crippen LogP contribution in [0.25, 0.3) is 5.76 Å². The van der Waals surface area contributed by atoms with Gasteiger partial charge in [0, 0.05) is 31.3 Å². The molecule has 10 nitrogen and oxygen atoms in total. The third kappa shape index (κ3) is 4.23. The number of anilines is 1. The molecule has 0 saturated heterocycles. The highest BCUT2D eigenvalue weighted by Crippen LogP contribution is 2.54. The first-order valence-corrected chi connectivity index (χ1v) is 13.7. The number of fused-ring (bicyclic) bond motifs is 3. The zero-order chi connectivity index (χ0) is 30.0. The zero-order valence-electron chi connectivity index (χ0n) is 23.6. The second-order valence-corrected chi connectivity index (χ2v) is 11.7. The lowest BCUT2D eigenvalue weighted by Crippen LogP contribution is -2.65. The van der Waals surface area contributed by atoms with Gasteiger partial charge in [-0.25, -0.2) is 0 Å². The van der Waals surface area contributed by atoms with Crippen molar-refractivity contribution in [3.8, 4) is 17.6 Å². The summed E-state index contributed by atoms with van der Waals surface area (Å²) in [7, 11) is 6.79. The maximum Gasteiger partial charge on any atom is 0.255 e. The molecule has 1 fully saturated rings. The molecule has 216 valence electrons. The van der Waals surface area contributed by atoms with Gasteiger partial charge in [-0.05, 0) is 75.7 Å². The van der Waals surface area contributed by atoms with E-state index in [1.54, 1.807) is 20.2 Å². The number of Topliss-reactive ketones (excluding diaryl/α,β-unsaturated/α-hetero) is 2. The van der Waals surface area contributed by atoms with Crippen molar-refractivity contribution in [1.29, 1.82) is 0 Å². The van der Waals surface area contributed by atoms with Crippen molar-refractivity contribution in [2.24, 2.45) is 17.6 Å². The Hall–Kier alpha value is -4.07. The minimum absolute atomic E-state index is 0.0365. The first-order chi connectivity index (χ1) is 19.3. The minimum Gasteiger partial charge on any atom is -0.508 e. The number of aliphatic hydroxyl groups is 3. The fourth-order valence-corrected chi connectivity index (χ4v) is 6.89. The molecule has 0 radical (unpaired) electrons. The number of carbonyl (C=O) groups is 3. The van der Waals surface area contributed by atoms with E-state index in [9.17, 15) is 34.8 Å². The molecule has 2 unspecified atom stereocenters. The third-order valence-electron chi connectivity index (χ3n) is 8.83. The quantitative estimate of drug-likeness (QED) is 0.274. The molecule has 41 heavy (non-hydrogen) atoms. The number of carbonyl (C=O) groups excluding carboxylic acids is 3. The van der Waals surface area contributed by atoms with E-state index in [0.717, 1.165) is 31.3 Å². The summed E-state index contributed by atoms with van der Waals surface area (Å²) >= 11 is 0. The normalized spacial score (nSPS) is 27.5. The number of ketones is 2. The van der Waals surface area contributed by atoms with Gasteiger partial charge in [-0.15, -0.1) is 0 Å². The van der Waals surface area contributed by atoms with Crippen LogP contribution in [0.3, 0.4) is 0 Å². The fraction of sp³-hybridized carbons (Fsp3) is 0.452. The number of phenolic OH excluding ortho intramolecular Hbond substituents is 1. The van der Waals surface area contributed by atoms with Crippen LogP contribution in [0.5, 0.6) is 5.75 Å². The molecule has 1 aromatic rings. The van der Waals surface area contributed by atoms with Crippen LogP contribution < -0.4 is 10.6 Å². The minimum atomic E-state index is -2.67. The molecule has 1 aromatic carbocycles. The Kier molecular flexibility index (Phi) is 7.00. The topological polar surface area (TPSA) is 165 Å². The molecule has 1 amide bonds. The highest BCUT2D eigenvalue weighted by molar-refractivity contribution is 6.24. The van der Waals surface area contributed by atoms with Crippen molar-refractivity contribution < 1.29 is 34.8 Å². The average molecular weight is 562 g/mol. The Labute approximate surface area is 238 Å². The van der Waals surface area contributed by atoms with Gasteiger partial charge in [-0.2, -0.15) is 0 Å². The molecular weight excluding hydrogens is 526 g/mol. The monoisotopic (exact) mass is 561 g/mol. The number of aliphatic hydroxyl groups excluding tert-OH is 2. The standard InChI is InChI=1S/C31H35N3O7/c1-33(2)20-14-16(11-10-15-8-6-5-7-9-15)25(35)22-18(20)12-17-13-19-24(34(3)4)27(37)23(30(32)40)29(39)31(19,41)28(38)21(17)26(22)36/h8,14,17,19,24,35-36,39,41H,5-7,9,12-13H2,1-4H3,(H2,32,40)/t17?,19?,24-,31-/m0/s1. The van der Waals surface area contributed by atoms with Gasteiger partial charge in [0.15, 0.2) is 11.4 Å². The van der Waals surface area contributed by atoms with Crippen LogP contribution in [0.4, 0.5) is 5.69 Å². The molecule has 0 heterocycles. The summed E-state index contributed by atoms with van der Waals surface area (Å²) in [6.45, 7) is 0. The van der Waals surface area contributed by atoms with Crippen molar-refractivity contribution in [2.45, 2.75) is 50.2 Å². The van der Waals surface area contributed by atoms with Gasteiger partial charge in [-0.1, -0.05) is 17.9 Å². The summed E-state index contributed by atoms with van der Waals surface area (Å²) in [6, 6.07) is 0.630. The molecule has 4 atom stereocenters. The molecular formula is C31H35N3O7. The van der Waals surface area contributed by atoms with E-state index in [-0.39, 0.29) is 35.3 Å². The van der Waals surface area contributed by atoms with E-state index in [1.165, 1.54) is 4.90 Å². The molecule has 10 heteroatoms. The predicted octanol–water partition coefficient (Wildman–Crippen LogP) is 1.88. The number of nitrogens with zero attached hydrogens (tertiary/aromatic N) is 2. The summed E-state index contributed by atoms with van der Waals surface area (Å²) in [4.78, 5) is 42.8. The summed E-state index contributed by atoms with van der Waals surface area (Å²) in [5.41, 5.74) is 4.29. The Bertz CT molecular complexity index is 1540. The maximum atomic E-state index is 14.1. The number of aromatic hydroxyl groups is 1. The van der Waals surface area contributed by atoms with Crippen LogP contribution in [0.15, 0.2) is 34.6 Å². The van der Waals surface area contributed by atoms with Gasteiger partial charge in [-0.3, -0.25) is 19.3 Å². The SMILES string of the molecule is CN(C)c1cc(C#CC2=CCCCC2)c(O)c2c1CC1CC3[C@H](N(C)C)C(=O)C(C(N)=O)=C(O)[C@@]3(O)C(=O)C1=C2O. The molecule has 0 bridgehead atoms. The number of primary amides is 1. The van der Waals surface area contributed by atoms with E-state index >= 15 is 0 Å². The Morgan fingerprint density at radius 2 is 1.80 bits per heavy atom. The van der Waals surface area contributed by atoms with Gasteiger partial charge < -0.3 is 31.1 Å². The van der Waals surface area contributed by atoms with Gasteiger partial charge in [0.1, 0.15) is 22.8 Å². The van der Waals surface area contributed by atoms with Gasteiger partial charge >= 0.3 is 0 Å². The van der Waals surface area contributed by atoms with Crippen molar-refractivity contribution >= 4 is 28.9 Å². The number of amides is 1. The van der Waals surface area contributed by atoms with E-state index in [2.05, 4.69) is 17.9 Å². The Morgan fingerprint density at radius 3 is 2.39 bits per heavy atom. The lowest BCUT2D eigenvalue weighted by atomic mass is 9.57. The smallest absolute Gasteiger partial charge is 0.255 e. The van der Waals surface area contributed by atoms with Crippen molar-refractivity contribution in [1.82, 2.24) is 4.90 Å². The third-order valence-corrected chi connectivity index (χ3v) is 8.83. The molecule has 4 aliphatic carbocycles. The van der Waals surface area contributed by atoms with Crippen LogP contribution >= 0.6 is 0 Å². The maximum absolute atomic E-state index is 14.1. The summed E-state index contributed by atoms with van der Waals surface area (Å²) in [6.07, 6.45) is 6.28. The Balaban J connectivity index is 1.71. The van der Waals surface area contributed by atoms with E-state index < -0.39 is 58.0 Å². The highest BCUT2D eigenvalue weighted by Gasteiger charge is 2.64. The lowest BCUT2D eigenvalue weighted by molar-refractivity contribution is -0.153. The number of rotatable bonds is 3. The first-order valence-electron chi connectivity index (χ1n) is 13.7. The second-order valence-electron chi connectivity index (χ2n) is 11.7. The van der Waals surface area contributed by atoms with Crippen LogP contribution in [0.1, 0.15) is 48.8 Å². The number of phenols is 1. The van der Waals surface area contributed by atoms with Gasteiger partial charge in [0.25, 0.3) is 5.91 Å². The van der Waals surface area contributed by atoms with Crippen molar-refractivity contribution in [2.75, 3.05) is 33.1 Å². The lowest BCUT2D eigenvalue weighted by Gasteiger charge is -2.50. The molecule has 5 rings (SSSR count). The number of hydrogen-bond donors (Lipinski definition) is 5. The molecule has 0 spiro atoms. The average Bonchev–Trinajstić information content (AvgIpc) is 2.90. The van der Waals surface area contributed by atoms with E-state index in [0.29, 0.717) is 11.3 Å². The van der Waals surface area contributed by atoms with Crippen LogP contribution in [0.2, 0.25) is 0 Å². The number of allylic oxidation sites excluding steroid dienone is 2. The van der Waals surface area contributed by atoms with Crippen LogP contribution in [0, 0.1) is 23.7 Å². The first kappa shape index (κ1) is 28.5. The van der Waals surface area contributed by atoms with E-state index in [4.69, 9.17) is 5.73 Å². The molecule has 6 N–H and O–H groups in total. The predicted molar refractivity (Wildman–Crippen MR) is 152 cm³/mol. The van der Waals surface area contributed by atoms with Gasteiger partial charge in [0.05, 0.1) is 17.2 Å². The molecule has 1 saturated carbocycles. The fourth-order valence-electron chi connectivity index (χ4n) is 6.89. The molecule has 0 aliphatic heterocycles. The largest absolute Gasteiger partial charge is 0.508 e. The van der Waals surface area contributed by atoms with Gasteiger partial charge in [0.2, 0.25) is 5.78 Å². The molecule has 4 aliphatic rings. The van der Waals surface area contributed by atoms with Crippen molar-refractivity contribution in [3.63, 3.8) is 0 Å². The number of hydrogen-bond acceptors (Lipinski definition) is 9. The summed E-state index contributed by atoms with van der Waals surface area (Å²) in [5, 5.41) is 45.7. The number of likely N-dealkylation sites (N-methyl/N-ethyl adjacent to an activating group) is 1. The second kappa shape index (κ2) is 10.1. The summed E-state index contributed by atoms with van der Waals surface area (Å²) < 4.78 is 0. The highest BCUT2D eigenvalue weighted by atomic mass is 16.3. The number of nitrogens with two attached hydrogens (primary N) is 1. The Morgan fingerprint density at radius 1 is 1.10 bits per heavy atom. The summed E-state index contributed by atoms with van der Waals surface area (Å²) in [5.74, 6) is -0.604. The van der Waals surface area contributed by atoms with E-state index in [1.807, 2.05) is 19.0 Å². The zero-order valence-corrected chi connectivity index (χ0v) is 23.6. The number of benzene rings is 1. The van der Waals surface area contributed by atoms with Crippen LogP contribution in [-0.2, 0) is 20.8 Å². The van der Waals surface area contributed by atoms with Crippen LogP contribution in [-0.4, -0.2) is 82.6 Å². The molecule has 0 aromatic heterocycles. The van der Waals surface area contributed by atoms with Crippen molar-refractivity contribution in [3.05, 3.63) is 51.3 Å².